The van der Waals surface area contributed by atoms with Crippen LogP contribution in [0.25, 0.3) is 0 Å². The van der Waals surface area contributed by atoms with Crippen molar-refractivity contribution in [1.82, 2.24) is 15.1 Å². The van der Waals surface area contributed by atoms with Crippen LogP contribution >= 0.6 is 11.3 Å². The molecule has 22 heavy (non-hydrogen) atoms. The first-order chi connectivity index (χ1) is 10.7. The fraction of sp³-hybridized carbons (Fsp3) is 0.400. The summed E-state index contributed by atoms with van der Waals surface area (Å²) < 4.78 is 5.51. The Kier molecular flexibility index (Phi) is 4.53. The van der Waals surface area contributed by atoms with Gasteiger partial charge in [0.15, 0.2) is 6.61 Å². The SMILES string of the molecule is Cc1nnc(N2CCN(C(=O)COc3ccccc3)CC2)s1. The number of hydrogen-bond donors (Lipinski definition) is 0. The Morgan fingerprint density at radius 1 is 1.18 bits per heavy atom. The highest BCUT2D eigenvalue weighted by molar-refractivity contribution is 7.15. The van der Waals surface area contributed by atoms with E-state index in [2.05, 4.69) is 15.1 Å². The molecule has 1 aromatic carbocycles. The number of aromatic nitrogens is 2. The topological polar surface area (TPSA) is 58.6 Å². The summed E-state index contributed by atoms with van der Waals surface area (Å²) in [5.41, 5.74) is 0. The molecule has 1 fully saturated rings. The molecule has 0 bridgehead atoms. The molecule has 7 heteroatoms. The van der Waals surface area contributed by atoms with Crippen molar-refractivity contribution in [3.8, 4) is 5.75 Å². The van der Waals surface area contributed by atoms with E-state index in [9.17, 15) is 4.79 Å². The predicted octanol–water partition coefficient (Wildman–Crippen LogP) is 1.57. The number of carbonyl (C=O) groups excluding carboxylic acids is 1. The van der Waals surface area contributed by atoms with Gasteiger partial charge >= 0.3 is 0 Å². The van der Waals surface area contributed by atoms with Crippen molar-refractivity contribution >= 4 is 22.4 Å². The van der Waals surface area contributed by atoms with Crippen LogP contribution in [-0.2, 0) is 4.79 Å². The van der Waals surface area contributed by atoms with Crippen LogP contribution in [0.15, 0.2) is 30.3 Å². The van der Waals surface area contributed by atoms with E-state index >= 15 is 0 Å². The lowest BCUT2D eigenvalue weighted by Crippen LogP contribution is -2.50. The molecule has 0 atom stereocenters. The van der Waals surface area contributed by atoms with Gasteiger partial charge in [0.25, 0.3) is 5.91 Å². The van der Waals surface area contributed by atoms with E-state index in [1.165, 1.54) is 0 Å². The molecule has 0 spiro atoms. The zero-order chi connectivity index (χ0) is 15.4. The van der Waals surface area contributed by atoms with Crippen LogP contribution in [0.4, 0.5) is 5.13 Å². The van der Waals surface area contributed by atoms with Crippen molar-refractivity contribution in [3.05, 3.63) is 35.3 Å². The van der Waals surface area contributed by atoms with E-state index in [-0.39, 0.29) is 12.5 Å². The van der Waals surface area contributed by atoms with Crippen LogP contribution in [0.3, 0.4) is 0 Å². The third-order valence-corrected chi connectivity index (χ3v) is 4.42. The number of aryl methyl sites for hydroxylation is 1. The van der Waals surface area contributed by atoms with Crippen molar-refractivity contribution in [3.63, 3.8) is 0 Å². The van der Waals surface area contributed by atoms with Crippen LogP contribution in [0.1, 0.15) is 5.01 Å². The minimum Gasteiger partial charge on any atom is -0.484 e. The summed E-state index contributed by atoms with van der Waals surface area (Å²) in [6.45, 7) is 4.98. The summed E-state index contributed by atoms with van der Waals surface area (Å²) in [5.74, 6) is 0.746. The normalized spacial score (nSPS) is 15.0. The molecule has 1 amide bonds. The highest BCUT2D eigenvalue weighted by Gasteiger charge is 2.23. The van der Waals surface area contributed by atoms with Gasteiger partial charge in [0.05, 0.1) is 0 Å². The molecule has 1 aromatic heterocycles. The van der Waals surface area contributed by atoms with Gasteiger partial charge in [-0.3, -0.25) is 4.79 Å². The van der Waals surface area contributed by atoms with Gasteiger partial charge in [0.2, 0.25) is 5.13 Å². The summed E-state index contributed by atoms with van der Waals surface area (Å²) >= 11 is 1.59. The number of para-hydroxylation sites is 1. The number of benzene rings is 1. The summed E-state index contributed by atoms with van der Waals surface area (Å²) in [6, 6.07) is 9.40. The molecule has 1 aliphatic heterocycles. The Balaban J connectivity index is 1.47. The van der Waals surface area contributed by atoms with Gasteiger partial charge in [-0.15, -0.1) is 10.2 Å². The van der Waals surface area contributed by atoms with Crippen LogP contribution < -0.4 is 9.64 Å². The van der Waals surface area contributed by atoms with Gasteiger partial charge < -0.3 is 14.5 Å². The molecule has 0 N–H and O–H groups in total. The number of rotatable bonds is 4. The van der Waals surface area contributed by atoms with Crippen molar-refractivity contribution < 1.29 is 9.53 Å². The fourth-order valence-electron chi connectivity index (χ4n) is 2.31. The second-order valence-corrected chi connectivity index (χ2v) is 6.23. The first-order valence-electron chi connectivity index (χ1n) is 7.23. The summed E-state index contributed by atoms with van der Waals surface area (Å²) in [4.78, 5) is 16.2. The van der Waals surface area contributed by atoms with E-state index in [1.54, 1.807) is 11.3 Å². The summed E-state index contributed by atoms with van der Waals surface area (Å²) in [7, 11) is 0. The number of piperazine rings is 1. The van der Waals surface area contributed by atoms with Gasteiger partial charge in [-0.05, 0) is 19.1 Å². The van der Waals surface area contributed by atoms with E-state index in [4.69, 9.17) is 4.74 Å². The Morgan fingerprint density at radius 3 is 2.55 bits per heavy atom. The molecule has 116 valence electrons. The van der Waals surface area contributed by atoms with Crippen molar-refractivity contribution in [1.29, 1.82) is 0 Å². The van der Waals surface area contributed by atoms with Gasteiger partial charge in [-0.25, -0.2) is 0 Å². The molecule has 1 saturated heterocycles. The van der Waals surface area contributed by atoms with Gasteiger partial charge in [-0.1, -0.05) is 29.5 Å². The minimum atomic E-state index is 0.0250. The number of amides is 1. The maximum atomic E-state index is 12.2. The highest BCUT2D eigenvalue weighted by atomic mass is 32.1. The summed E-state index contributed by atoms with van der Waals surface area (Å²) in [5, 5.41) is 10.1. The average molecular weight is 318 g/mol. The number of ether oxygens (including phenoxy) is 1. The molecule has 6 nitrogen and oxygen atoms in total. The first-order valence-corrected chi connectivity index (χ1v) is 8.05. The van der Waals surface area contributed by atoms with Gasteiger partial charge in [0.1, 0.15) is 10.8 Å². The number of hydrogen-bond acceptors (Lipinski definition) is 6. The van der Waals surface area contributed by atoms with Crippen molar-refractivity contribution in [2.75, 3.05) is 37.7 Å². The van der Waals surface area contributed by atoms with Gasteiger partial charge in [-0.2, -0.15) is 0 Å². The fourth-order valence-corrected chi connectivity index (χ4v) is 3.05. The molecule has 2 aromatic rings. The average Bonchev–Trinajstić information content (AvgIpc) is 3.00. The molecule has 3 rings (SSSR count). The predicted molar refractivity (Wildman–Crippen MR) is 85.4 cm³/mol. The number of nitrogens with zero attached hydrogens (tertiary/aromatic N) is 4. The number of carbonyl (C=O) groups is 1. The van der Waals surface area contributed by atoms with Crippen LogP contribution in [-0.4, -0.2) is 53.8 Å². The van der Waals surface area contributed by atoms with E-state index in [0.717, 1.165) is 29.0 Å². The Morgan fingerprint density at radius 2 is 1.91 bits per heavy atom. The minimum absolute atomic E-state index is 0.0250. The second-order valence-electron chi connectivity index (χ2n) is 5.07. The monoisotopic (exact) mass is 318 g/mol. The molecular weight excluding hydrogens is 300 g/mol. The van der Waals surface area contributed by atoms with Gasteiger partial charge in [0, 0.05) is 26.2 Å². The third-order valence-electron chi connectivity index (χ3n) is 3.52. The van der Waals surface area contributed by atoms with E-state index in [0.29, 0.717) is 13.1 Å². The molecule has 0 aliphatic carbocycles. The maximum Gasteiger partial charge on any atom is 0.260 e. The lowest BCUT2D eigenvalue weighted by atomic mass is 10.3. The van der Waals surface area contributed by atoms with E-state index < -0.39 is 0 Å². The summed E-state index contributed by atoms with van der Waals surface area (Å²) in [6.07, 6.45) is 0. The Hall–Kier alpha value is -2.15. The third kappa shape index (κ3) is 3.54. The van der Waals surface area contributed by atoms with Crippen LogP contribution in [0, 0.1) is 6.92 Å². The smallest absolute Gasteiger partial charge is 0.260 e. The first kappa shape index (κ1) is 14.8. The zero-order valence-corrected chi connectivity index (χ0v) is 13.3. The zero-order valence-electron chi connectivity index (χ0n) is 12.4. The maximum absolute atomic E-state index is 12.2. The molecule has 0 unspecified atom stereocenters. The second kappa shape index (κ2) is 6.74. The van der Waals surface area contributed by atoms with Crippen LogP contribution in [0.5, 0.6) is 5.75 Å². The number of anilines is 1. The largest absolute Gasteiger partial charge is 0.484 e. The van der Waals surface area contributed by atoms with Crippen LogP contribution in [0.2, 0.25) is 0 Å². The molecule has 0 saturated carbocycles. The lowest BCUT2D eigenvalue weighted by Gasteiger charge is -2.34. The van der Waals surface area contributed by atoms with Crippen molar-refractivity contribution in [2.24, 2.45) is 0 Å². The van der Waals surface area contributed by atoms with Crippen molar-refractivity contribution in [2.45, 2.75) is 6.92 Å². The standard InChI is InChI=1S/C15H18N4O2S/c1-12-16-17-15(22-12)19-9-7-18(8-10-19)14(20)11-21-13-5-3-2-4-6-13/h2-6H,7-11H2,1H3. The molecule has 0 radical (unpaired) electrons. The highest BCUT2D eigenvalue weighted by Crippen LogP contribution is 2.20. The Labute approximate surface area is 133 Å². The Bertz CT molecular complexity index is 623. The molecule has 2 heterocycles. The molecule has 1 aliphatic rings. The quantitative estimate of drug-likeness (QED) is 0.856. The molecular formula is C15H18N4O2S. The van der Waals surface area contributed by atoms with E-state index in [1.807, 2.05) is 42.2 Å². The lowest BCUT2D eigenvalue weighted by molar-refractivity contribution is -0.133.